The van der Waals surface area contributed by atoms with Crippen LogP contribution in [0.3, 0.4) is 0 Å². The summed E-state index contributed by atoms with van der Waals surface area (Å²) in [4.78, 5) is 22.1. The molecule has 16 heavy (non-hydrogen) atoms. The number of imide groups is 1. The van der Waals surface area contributed by atoms with Crippen molar-refractivity contribution in [2.75, 3.05) is 0 Å². The summed E-state index contributed by atoms with van der Waals surface area (Å²) >= 11 is 0. The van der Waals surface area contributed by atoms with Gasteiger partial charge in [-0.1, -0.05) is 30.3 Å². The lowest BCUT2D eigenvalue weighted by Crippen LogP contribution is -2.41. The number of carbonyl (C=O) groups excluding carboxylic acids is 2. The Labute approximate surface area is 93.6 Å². The summed E-state index contributed by atoms with van der Waals surface area (Å²) in [5, 5.41) is 2.02. The van der Waals surface area contributed by atoms with E-state index in [2.05, 4.69) is 0 Å². The average Bonchev–Trinajstić information content (AvgIpc) is 2.27. The van der Waals surface area contributed by atoms with Crippen molar-refractivity contribution in [2.45, 2.75) is 19.6 Å². The molecule has 0 aliphatic rings. The van der Waals surface area contributed by atoms with E-state index in [1.54, 1.807) is 0 Å². The van der Waals surface area contributed by atoms with E-state index < -0.39 is 18.0 Å². The number of benzene rings is 1. The molecule has 1 rings (SSSR count). The molecule has 0 aliphatic carbocycles. The van der Waals surface area contributed by atoms with Crippen molar-refractivity contribution < 1.29 is 14.3 Å². The van der Waals surface area contributed by atoms with Crippen LogP contribution in [-0.4, -0.2) is 18.0 Å². The number of nitrogens with one attached hydrogen (secondary N) is 1. The molecule has 0 aromatic heterocycles. The van der Waals surface area contributed by atoms with Gasteiger partial charge in [-0.3, -0.25) is 10.1 Å². The van der Waals surface area contributed by atoms with Crippen LogP contribution in [0.25, 0.3) is 0 Å². The first kappa shape index (κ1) is 12.2. The SMILES string of the molecule is C[C@H](N)C(=O)NC(=O)OCc1ccccc1. The van der Waals surface area contributed by atoms with Crippen LogP contribution in [0, 0.1) is 0 Å². The molecule has 3 N–H and O–H groups in total. The molecule has 0 heterocycles. The van der Waals surface area contributed by atoms with Gasteiger partial charge in [-0.25, -0.2) is 4.79 Å². The lowest BCUT2D eigenvalue weighted by atomic mass is 10.2. The molecule has 0 unspecified atom stereocenters. The molecule has 1 aromatic rings. The van der Waals surface area contributed by atoms with Gasteiger partial charge in [0.15, 0.2) is 0 Å². The minimum atomic E-state index is -0.786. The Balaban J connectivity index is 2.34. The first-order valence-corrected chi connectivity index (χ1v) is 4.86. The molecule has 0 saturated carbocycles. The van der Waals surface area contributed by atoms with Crippen LogP contribution in [-0.2, 0) is 16.1 Å². The second-order valence-corrected chi connectivity index (χ2v) is 3.34. The molecule has 2 amide bonds. The summed E-state index contributed by atoms with van der Waals surface area (Å²) in [5.74, 6) is -0.557. The molecule has 5 nitrogen and oxygen atoms in total. The zero-order valence-electron chi connectivity index (χ0n) is 8.97. The van der Waals surface area contributed by atoms with Crippen LogP contribution in [0.1, 0.15) is 12.5 Å². The Kier molecular flexibility index (Phi) is 4.47. The number of amides is 2. The standard InChI is InChI=1S/C11H14N2O3/c1-8(12)10(14)13-11(15)16-7-9-5-3-2-4-6-9/h2-6,8H,7,12H2,1H3,(H,13,14,15)/t8-/m0/s1. The normalized spacial score (nSPS) is 11.6. The molecule has 0 fully saturated rings. The highest BCUT2D eigenvalue weighted by Crippen LogP contribution is 2.00. The van der Waals surface area contributed by atoms with Crippen molar-refractivity contribution in [3.05, 3.63) is 35.9 Å². The summed E-state index contributed by atoms with van der Waals surface area (Å²) in [6.45, 7) is 1.61. The molecule has 0 aliphatic heterocycles. The predicted molar refractivity (Wildman–Crippen MR) is 58.4 cm³/mol. The Bertz CT molecular complexity index is 363. The van der Waals surface area contributed by atoms with Gasteiger partial charge in [0.2, 0.25) is 5.91 Å². The maximum absolute atomic E-state index is 11.1. The molecular formula is C11H14N2O3. The first-order chi connectivity index (χ1) is 7.59. The van der Waals surface area contributed by atoms with E-state index in [4.69, 9.17) is 10.5 Å². The van der Waals surface area contributed by atoms with Gasteiger partial charge in [0, 0.05) is 0 Å². The number of hydrogen-bond donors (Lipinski definition) is 2. The van der Waals surface area contributed by atoms with Crippen LogP contribution in [0.5, 0.6) is 0 Å². The van der Waals surface area contributed by atoms with Crippen molar-refractivity contribution in [3.8, 4) is 0 Å². The fraction of sp³-hybridized carbons (Fsp3) is 0.273. The molecular weight excluding hydrogens is 208 g/mol. The van der Waals surface area contributed by atoms with E-state index in [9.17, 15) is 9.59 Å². The monoisotopic (exact) mass is 222 g/mol. The van der Waals surface area contributed by atoms with E-state index in [0.29, 0.717) is 0 Å². The summed E-state index contributed by atoms with van der Waals surface area (Å²) in [6.07, 6.45) is -0.786. The quantitative estimate of drug-likeness (QED) is 0.792. The van der Waals surface area contributed by atoms with Crippen molar-refractivity contribution >= 4 is 12.0 Å². The molecule has 0 bridgehead atoms. The Morgan fingerprint density at radius 1 is 1.38 bits per heavy atom. The largest absolute Gasteiger partial charge is 0.444 e. The number of hydrogen-bond acceptors (Lipinski definition) is 4. The van der Waals surface area contributed by atoms with E-state index in [0.717, 1.165) is 5.56 Å². The second-order valence-electron chi connectivity index (χ2n) is 3.34. The molecule has 0 saturated heterocycles. The van der Waals surface area contributed by atoms with E-state index in [1.807, 2.05) is 35.6 Å². The fourth-order valence-corrected chi connectivity index (χ4v) is 0.974. The predicted octanol–water partition coefficient (Wildman–Crippen LogP) is 0.787. The number of carbonyl (C=O) groups is 2. The van der Waals surface area contributed by atoms with Crippen molar-refractivity contribution in [1.29, 1.82) is 0 Å². The van der Waals surface area contributed by atoms with Gasteiger partial charge in [0.25, 0.3) is 0 Å². The zero-order valence-corrected chi connectivity index (χ0v) is 8.97. The molecule has 0 spiro atoms. The van der Waals surface area contributed by atoms with Gasteiger partial charge >= 0.3 is 6.09 Å². The average molecular weight is 222 g/mol. The zero-order chi connectivity index (χ0) is 12.0. The smallest absolute Gasteiger partial charge is 0.414 e. The Morgan fingerprint density at radius 2 is 2.00 bits per heavy atom. The van der Waals surface area contributed by atoms with Crippen LogP contribution in [0.4, 0.5) is 4.79 Å². The van der Waals surface area contributed by atoms with E-state index >= 15 is 0 Å². The third-order valence-electron chi connectivity index (χ3n) is 1.85. The van der Waals surface area contributed by atoms with Gasteiger partial charge < -0.3 is 10.5 Å². The molecule has 1 aromatic carbocycles. The maximum Gasteiger partial charge on any atom is 0.414 e. The van der Waals surface area contributed by atoms with Crippen molar-refractivity contribution in [1.82, 2.24) is 5.32 Å². The topological polar surface area (TPSA) is 81.4 Å². The van der Waals surface area contributed by atoms with Gasteiger partial charge in [-0.15, -0.1) is 0 Å². The number of nitrogens with two attached hydrogens (primary N) is 1. The fourth-order valence-electron chi connectivity index (χ4n) is 0.974. The molecule has 0 radical (unpaired) electrons. The van der Waals surface area contributed by atoms with Gasteiger partial charge in [0.1, 0.15) is 6.61 Å². The Morgan fingerprint density at radius 3 is 2.56 bits per heavy atom. The third-order valence-corrected chi connectivity index (χ3v) is 1.85. The van der Waals surface area contributed by atoms with Crippen LogP contribution in [0.2, 0.25) is 0 Å². The lowest BCUT2D eigenvalue weighted by Gasteiger charge is -2.07. The highest BCUT2D eigenvalue weighted by atomic mass is 16.5. The van der Waals surface area contributed by atoms with Crippen molar-refractivity contribution in [2.24, 2.45) is 5.73 Å². The third kappa shape index (κ3) is 4.10. The molecule has 5 heteroatoms. The molecule has 1 atom stereocenters. The summed E-state index contributed by atoms with van der Waals surface area (Å²) in [6, 6.07) is 8.45. The van der Waals surface area contributed by atoms with Gasteiger partial charge in [-0.2, -0.15) is 0 Å². The van der Waals surface area contributed by atoms with E-state index in [-0.39, 0.29) is 6.61 Å². The summed E-state index contributed by atoms with van der Waals surface area (Å²) in [5.41, 5.74) is 6.12. The minimum Gasteiger partial charge on any atom is -0.444 e. The van der Waals surface area contributed by atoms with Crippen molar-refractivity contribution in [3.63, 3.8) is 0 Å². The minimum absolute atomic E-state index is 0.124. The number of ether oxygens (including phenoxy) is 1. The Hall–Kier alpha value is -1.88. The maximum atomic E-state index is 11.1. The number of alkyl carbamates (subject to hydrolysis) is 1. The summed E-state index contributed by atoms with van der Waals surface area (Å²) in [7, 11) is 0. The first-order valence-electron chi connectivity index (χ1n) is 4.86. The van der Waals surface area contributed by atoms with Crippen LogP contribution >= 0.6 is 0 Å². The summed E-state index contributed by atoms with van der Waals surface area (Å²) < 4.78 is 4.82. The van der Waals surface area contributed by atoms with Gasteiger partial charge in [0.05, 0.1) is 6.04 Å². The van der Waals surface area contributed by atoms with Crippen LogP contribution in [0.15, 0.2) is 30.3 Å². The second kappa shape index (κ2) is 5.87. The highest BCUT2D eigenvalue weighted by molar-refractivity contribution is 5.94. The number of rotatable bonds is 3. The van der Waals surface area contributed by atoms with E-state index in [1.165, 1.54) is 6.92 Å². The molecule has 86 valence electrons. The van der Waals surface area contributed by atoms with Gasteiger partial charge in [-0.05, 0) is 12.5 Å². The highest BCUT2D eigenvalue weighted by Gasteiger charge is 2.12. The van der Waals surface area contributed by atoms with Crippen LogP contribution < -0.4 is 11.1 Å². The lowest BCUT2D eigenvalue weighted by molar-refractivity contribution is -0.121.